The molecule has 6 nitrogen and oxygen atoms in total. The summed E-state index contributed by atoms with van der Waals surface area (Å²) in [6, 6.07) is 6.94. The zero-order valence-corrected chi connectivity index (χ0v) is 16.0. The van der Waals surface area contributed by atoms with Gasteiger partial charge in [0.25, 0.3) is 0 Å². The third-order valence-corrected chi connectivity index (χ3v) is 5.42. The number of fused-ring (bicyclic) bond motifs is 1. The molecule has 1 aliphatic rings. The van der Waals surface area contributed by atoms with Crippen molar-refractivity contribution in [2.75, 3.05) is 20.8 Å². The minimum absolute atomic E-state index is 0.166. The van der Waals surface area contributed by atoms with Crippen LogP contribution in [0.4, 0.5) is 0 Å². The molecule has 2 aromatic rings. The lowest BCUT2D eigenvalue weighted by Crippen LogP contribution is -2.40. The lowest BCUT2D eigenvalue weighted by molar-refractivity contribution is -0.140. The Bertz CT molecular complexity index is 860. The Kier molecular flexibility index (Phi) is 5.81. The van der Waals surface area contributed by atoms with E-state index >= 15 is 0 Å². The second-order valence-corrected chi connectivity index (χ2v) is 7.13. The van der Waals surface area contributed by atoms with Crippen molar-refractivity contribution >= 4 is 29.3 Å². The molecule has 1 aromatic heterocycles. The van der Waals surface area contributed by atoms with E-state index in [9.17, 15) is 14.7 Å². The number of carboxylic acid groups (broad SMARTS) is 1. The molecular formula is C20H21NO5S. The Morgan fingerprint density at radius 2 is 2.04 bits per heavy atom. The summed E-state index contributed by atoms with van der Waals surface area (Å²) in [6.45, 7) is 0.452. The van der Waals surface area contributed by atoms with Gasteiger partial charge >= 0.3 is 5.97 Å². The maximum Gasteiger partial charge on any atom is 0.305 e. The van der Waals surface area contributed by atoms with Gasteiger partial charge in [0.15, 0.2) is 11.5 Å². The van der Waals surface area contributed by atoms with Gasteiger partial charge < -0.3 is 19.5 Å². The first kappa shape index (κ1) is 19.0. The maximum absolute atomic E-state index is 12.8. The van der Waals surface area contributed by atoms with Gasteiger partial charge in [-0.05, 0) is 47.2 Å². The molecule has 142 valence electrons. The highest BCUT2D eigenvalue weighted by molar-refractivity contribution is 7.10. The van der Waals surface area contributed by atoms with Crippen molar-refractivity contribution in [3.05, 3.63) is 51.7 Å². The summed E-state index contributed by atoms with van der Waals surface area (Å²) in [4.78, 5) is 26.8. The van der Waals surface area contributed by atoms with Crippen molar-refractivity contribution in [3.63, 3.8) is 0 Å². The molecule has 0 aliphatic carbocycles. The third-order valence-electron chi connectivity index (χ3n) is 4.59. The SMILES string of the molecule is COc1cc2c(cc1OC)C(CC(=O)O)N(C(=O)/C=C/c1cccs1)CC2. The number of carboxylic acids is 1. The summed E-state index contributed by atoms with van der Waals surface area (Å²) >= 11 is 1.54. The minimum Gasteiger partial charge on any atom is -0.493 e. The molecule has 3 rings (SSSR count). The summed E-state index contributed by atoms with van der Waals surface area (Å²) in [6.07, 6.45) is 3.73. The molecule has 1 N–H and O–H groups in total. The summed E-state index contributed by atoms with van der Waals surface area (Å²) in [5.74, 6) is -0.0319. The van der Waals surface area contributed by atoms with E-state index in [1.165, 1.54) is 24.5 Å². The molecule has 0 saturated carbocycles. The number of aliphatic carboxylic acids is 1. The molecule has 2 heterocycles. The van der Waals surface area contributed by atoms with Crippen LogP contribution in [0.2, 0.25) is 0 Å². The van der Waals surface area contributed by atoms with Gasteiger partial charge in [0, 0.05) is 17.5 Å². The number of benzene rings is 1. The summed E-state index contributed by atoms with van der Waals surface area (Å²) in [5.41, 5.74) is 1.77. The average molecular weight is 387 g/mol. The first-order chi connectivity index (χ1) is 13.0. The fraction of sp³-hybridized carbons (Fsp3) is 0.300. The van der Waals surface area contributed by atoms with Crippen LogP contribution in [-0.2, 0) is 16.0 Å². The van der Waals surface area contributed by atoms with E-state index in [1.54, 1.807) is 24.2 Å². The highest BCUT2D eigenvalue weighted by Gasteiger charge is 2.32. The van der Waals surface area contributed by atoms with E-state index in [-0.39, 0.29) is 12.3 Å². The van der Waals surface area contributed by atoms with Crippen molar-refractivity contribution in [3.8, 4) is 11.5 Å². The normalized spacial score (nSPS) is 16.2. The molecule has 27 heavy (non-hydrogen) atoms. The van der Waals surface area contributed by atoms with Gasteiger partial charge in [-0.15, -0.1) is 11.3 Å². The number of carbonyl (C=O) groups excluding carboxylic acids is 1. The number of nitrogens with zero attached hydrogens (tertiary/aromatic N) is 1. The van der Waals surface area contributed by atoms with Gasteiger partial charge in [-0.2, -0.15) is 0 Å². The topological polar surface area (TPSA) is 76.1 Å². The first-order valence-electron chi connectivity index (χ1n) is 8.52. The Morgan fingerprint density at radius 3 is 2.67 bits per heavy atom. The van der Waals surface area contributed by atoms with Gasteiger partial charge in [0.2, 0.25) is 5.91 Å². The number of hydrogen-bond donors (Lipinski definition) is 1. The number of amides is 1. The van der Waals surface area contributed by atoms with Crippen LogP contribution in [0.25, 0.3) is 6.08 Å². The minimum atomic E-state index is -0.956. The summed E-state index contributed by atoms with van der Waals surface area (Å²) in [7, 11) is 3.10. The van der Waals surface area contributed by atoms with Gasteiger partial charge in [0.05, 0.1) is 26.7 Å². The summed E-state index contributed by atoms with van der Waals surface area (Å²) in [5, 5.41) is 11.3. The van der Waals surface area contributed by atoms with Crippen LogP contribution in [0.1, 0.15) is 28.5 Å². The fourth-order valence-electron chi connectivity index (χ4n) is 3.31. The standard InChI is InChI=1S/C20H21NO5S/c1-25-17-10-13-7-8-21(19(22)6-5-14-4-3-9-27-14)16(12-20(23)24)15(13)11-18(17)26-2/h3-6,9-11,16H,7-8,12H2,1-2H3,(H,23,24)/b6-5+. The van der Waals surface area contributed by atoms with E-state index in [0.29, 0.717) is 24.5 Å². The summed E-state index contributed by atoms with van der Waals surface area (Å²) < 4.78 is 10.7. The monoisotopic (exact) mass is 387 g/mol. The Hall–Kier alpha value is -2.80. The number of rotatable bonds is 6. The van der Waals surface area contributed by atoms with Crippen molar-refractivity contribution in [1.29, 1.82) is 0 Å². The van der Waals surface area contributed by atoms with Gasteiger partial charge in [0.1, 0.15) is 0 Å². The van der Waals surface area contributed by atoms with E-state index < -0.39 is 12.0 Å². The second kappa shape index (κ2) is 8.26. The van der Waals surface area contributed by atoms with Crippen LogP contribution in [0.5, 0.6) is 11.5 Å². The lowest BCUT2D eigenvalue weighted by Gasteiger charge is -2.36. The average Bonchev–Trinajstić information content (AvgIpc) is 3.18. The first-order valence-corrected chi connectivity index (χ1v) is 9.40. The number of hydrogen-bond acceptors (Lipinski definition) is 5. The molecular weight excluding hydrogens is 366 g/mol. The molecule has 1 aromatic carbocycles. The highest BCUT2D eigenvalue weighted by Crippen LogP contribution is 2.39. The second-order valence-electron chi connectivity index (χ2n) is 6.15. The number of thiophene rings is 1. The number of methoxy groups -OCH3 is 2. The predicted molar refractivity (Wildman–Crippen MR) is 103 cm³/mol. The van der Waals surface area contributed by atoms with Crippen LogP contribution in [0.15, 0.2) is 35.7 Å². The van der Waals surface area contributed by atoms with E-state index in [4.69, 9.17) is 9.47 Å². The molecule has 1 aliphatic heterocycles. The van der Waals surface area contributed by atoms with Gasteiger partial charge in [-0.3, -0.25) is 9.59 Å². The maximum atomic E-state index is 12.8. The van der Waals surface area contributed by atoms with E-state index in [0.717, 1.165) is 16.0 Å². The van der Waals surface area contributed by atoms with Gasteiger partial charge in [-0.25, -0.2) is 0 Å². The van der Waals surface area contributed by atoms with Crippen molar-refractivity contribution in [1.82, 2.24) is 4.90 Å². The number of ether oxygens (including phenoxy) is 2. The molecule has 0 fully saturated rings. The highest BCUT2D eigenvalue weighted by atomic mass is 32.1. The molecule has 0 saturated heterocycles. The Balaban J connectivity index is 1.94. The van der Waals surface area contributed by atoms with Gasteiger partial charge in [-0.1, -0.05) is 6.07 Å². The van der Waals surface area contributed by atoms with Crippen LogP contribution in [0, 0.1) is 0 Å². The molecule has 7 heteroatoms. The quantitative estimate of drug-likeness (QED) is 0.769. The van der Waals surface area contributed by atoms with Crippen LogP contribution < -0.4 is 9.47 Å². The molecule has 1 unspecified atom stereocenters. The largest absolute Gasteiger partial charge is 0.493 e. The molecule has 0 spiro atoms. The van der Waals surface area contributed by atoms with Crippen molar-refractivity contribution in [2.45, 2.75) is 18.9 Å². The van der Waals surface area contributed by atoms with Crippen LogP contribution in [-0.4, -0.2) is 42.6 Å². The molecule has 0 radical (unpaired) electrons. The zero-order valence-electron chi connectivity index (χ0n) is 15.2. The lowest BCUT2D eigenvalue weighted by atomic mass is 9.90. The Morgan fingerprint density at radius 1 is 1.30 bits per heavy atom. The van der Waals surface area contributed by atoms with Crippen molar-refractivity contribution < 1.29 is 24.2 Å². The third kappa shape index (κ3) is 4.14. The molecule has 0 bridgehead atoms. The zero-order chi connectivity index (χ0) is 19.4. The van der Waals surface area contributed by atoms with Crippen LogP contribution in [0.3, 0.4) is 0 Å². The molecule has 1 amide bonds. The fourth-order valence-corrected chi connectivity index (χ4v) is 3.93. The predicted octanol–water partition coefficient (Wildman–Crippen LogP) is 3.38. The number of carbonyl (C=O) groups is 2. The molecule has 1 atom stereocenters. The van der Waals surface area contributed by atoms with E-state index in [2.05, 4.69) is 0 Å². The van der Waals surface area contributed by atoms with Crippen LogP contribution >= 0.6 is 11.3 Å². The smallest absolute Gasteiger partial charge is 0.305 e. The van der Waals surface area contributed by atoms with E-state index in [1.807, 2.05) is 23.6 Å². The van der Waals surface area contributed by atoms with Crippen molar-refractivity contribution in [2.24, 2.45) is 0 Å². The Labute approximate surface area is 161 Å².